The van der Waals surface area contributed by atoms with Crippen molar-refractivity contribution in [1.29, 1.82) is 0 Å². The van der Waals surface area contributed by atoms with Crippen molar-refractivity contribution < 1.29 is 13.3 Å². The molecular weight excluding hydrogens is 140 g/mol. The second-order valence-corrected chi connectivity index (χ2v) is 5.43. The first-order valence-electron chi connectivity index (χ1n) is 2.53. The topological polar surface area (TPSA) is 38.7 Å². The molecule has 0 aromatic rings. The molecule has 3 nitrogen and oxygen atoms in total. The van der Waals surface area contributed by atoms with Gasteiger partial charge in [0.05, 0.1) is 0 Å². The maximum Gasteiger partial charge on any atom is 0.308 e. The summed E-state index contributed by atoms with van der Waals surface area (Å²) in [6.07, 6.45) is 0. The standard InChI is InChI=1S/C3H12O3Si2/c1-5-8(3)6-7(2)4/h4,7-8H,1-3H3. The Labute approximate surface area is 52.9 Å². The van der Waals surface area contributed by atoms with Crippen molar-refractivity contribution in [3.8, 4) is 0 Å². The van der Waals surface area contributed by atoms with Crippen molar-refractivity contribution in [1.82, 2.24) is 0 Å². The molecule has 8 heavy (non-hydrogen) atoms. The van der Waals surface area contributed by atoms with Gasteiger partial charge in [-0.1, -0.05) is 0 Å². The van der Waals surface area contributed by atoms with Gasteiger partial charge in [-0.3, -0.25) is 0 Å². The molecule has 0 aliphatic rings. The van der Waals surface area contributed by atoms with Crippen molar-refractivity contribution in [3.05, 3.63) is 0 Å². The molecule has 0 aliphatic heterocycles. The van der Waals surface area contributed by atoms with Gasteiger partial charge in [-0.25, -0.2) is 0 Å². The Hall–Kier alpha value is 0.314. The van der Waals surface area contributed by atoms with E-state index in [4.69, 9.17) is 13.3 Å². The van der Waals surface area contributed by atoms with Crippen LogP contribution in [-0.4, -0.2) is 30.5 Å². The van der Waals surface area contributed by atoms with Crippen LogP contribution in [0.1, 0.15) is 0 Å². The van der Waals surface area contributed by atoms with Crippen LogP contribution in [0.5, 0.6) is 0 Å². The van der Waals surface area contributed by atoms with Gasteiger partial charge in [-0.05, 0) is 13.1 Å². The zero-order chi connectivity index (χ0) is 6.57. The molecule has 50 valence electrons. The highest BCUT2D eigenvalue weighted by molar-refractivity contribution is 6.56. The lowest BCUT2D eigenvalue weighted by Crippen LogP contribution is -2.25. The third-order valence-electron chi connectivity index (χ3n) is 0.721. The van der Waals surface area contributed by atoms with Gasteiger partial charge in [-0.15, -0.1) is 0 Å². The van der Waals surface area contributed by atoms with E-state index < -0.39 is 18.6 Å². The van der Waals surface area contributed by atoms with Crippen LogP contribution < -0.4 is 0 Å². The molecule has 0 saturated carbocycles. The lowest BCUT2D eigenvalue weighted by atomic mass is 11.8. The second kappa shape index (κ2) is 4.22. The molecule has 0 heterocycles. The number of hydrogen-bond acceptors (Lipinski definition) is 3. The van der Waals surface area contributed by atoms with E-state index in [2.05, 4.69) is 0 Å². The van der Waals surface area contributed by atoms with Gasteiger partial charge < -0.3 is 13.3 Å². The summed E-state index contributed by atoms with van der Waals surface area (Å²) in [5.41, 5.74) is 0. The third-order valence-corrected chi connectivity index (χ3v) is 4.49. The highest BCUT2D eigenvalue weighted by atomic mass is 28.4. The molecule has 1 N–H and O–H groups in total. The molecule has 0 aliphatic carbocycles. The van der Waals surface area contributed by atoms with Crippen LogP contribution in [0.4, 0.5) is 0 Å². The number of rotatable bonds is 3. The van der Waals surface area contributed by atoms with E-state index in [1.165, 1.54) is 0 Å². The maximum atomic E-state index is 8.73. The van der Waals surface area contributed by atoms with Crippen LogP contribution in [-0.2, 0) is 8.54 Å². The minimum atomic E-state index is -1.81. The van der Waals surface area contributed by atoms with E-state index in [9.17, 15) is 0 Å². The Morgan fingerprint density at radius 3 is 2.00 bits per heavy atom. The van der Waals surface area contributed by atoms with Gasteiger partial charge >= 0.3 is 18.6 Å². The van der Waals surface area contributed by atoms with E-state index in [1.54, 1.807) is 13.7 Å². The molecule has 0 amide bonds. The van der Waals surface area contributed by atoms with Crippen LogP contribution in [0.2, 0.25) is 13.1 Å². The van der Waals surface area contributed by atoms with Gasteiger partial charge in [0, 0.05) is 7.11 Å². The van der Waals surface area contributed by atoms with Gasteiger partial charge in [0.1, 0.15) is 0 Å². The third kappa shape index (κ3) is 4.47. The summed E-state index contributed by atoms with van der Waals surface area (Å²) in [6.45, 7) is 3.60. The summed E-state index contributed by atoms with van der Waals surface area (Å²) in [6, 6.07) is 0. The van der Waals surface area contributed by atoms with Gasteiger partial charge in [0.2, 0.25) is 0 Å². The highest BCUT2D eigenvalue weighted by Crippen LogP contribution is 1.86. The molecule has 0 aromatic heterocycles. The van der Waals surface area contributed by atoms with Gasteiger partial charge in [0.25, 0.3) is 0 Å². The fourth-order valence-electron chi connectivity index (χ4n) is 0.333. The zero-order valence-electron chi connectivity index (χ0n) is 5.42. The lowest BCUT2D eigenvalue weighted by molar-refractivity contribution is 0.315. The first kappa shape index (κ1) is 8.31. The van der Waals surface area contributed by atoms with E-state index in [-0.39, 0.29) is 0 Å². The Bertz CT molecular complexity index is 58.5. The quantitative estimate of drug-likeness (QED) is 0.546. The molecule has 0 fully saturated rings. The van der Waals surface area contributed by atoms with Crippen molar-refractivity contribution in [2.45, 2.75) is 13.1 Å². The minimum Gasteiger partial charge on any atom is -0.420 e. The largest absolute Gasteiger partial charge is 0.420 e. The SMILES string of the molecule is CO[SiH](C)O[SiH](C)O. The van der Waals surface area contributed by atoms with E-state index in [0.29, 0.717) is 0 Å². The Morgan fingerprint density at radius 1 is 1.38 bits per heavy atom. The average molecular weight is 152 g/mol. The summed E-state index contributed by atoms with van der Waals surface area (Å²) in [5.74, 6) is 0. The highest BCUT2D eigenvalue weighted by Gasteiger charge is 2.06. The molecule has 2 unspecified atom stereocenters. The van der Waals surface area contributed by atoms with Crippen molar-refractivity contribution in [2.24, 2.45) is 0 Å². The predicted octanol–water partition coefficient (Wildman–Crippen LogP) is -0.658. The molecule has 0 saturated heterocycles. The summed E-state index contributed by atoms with van der Waals surface area (Å²) in [7, 11) is -1.63. The predicted molar refractivity (Wildman–Crippen MR) is 36.3 cm³/mol. The van der Waals surface area contributed by atoms with Crippen LogP contribution in [0, 0.1) is 0 Å². The van der Waals surface area contributed by atoms with E-state index in [1.807, 2.05) is 6.55 Å². The van der Waals surface area contributed by atoms with Crippen LogP contribution in [0.3, 0.4) is 0 Å². The van der Waals surface area contributed by atoms with Crippen molar-refractivity contribution in [3.63, 3.8) is 0 Å². The molecule has 0 bridgehead atoms. The van der Waals surface area contributed by atoms with Crippen molar-refractivity contribution in [2.75, 3.05) is 7.11 Å². The minimum absolute atomic E-state index is 1.43. The first-order chi connectivity index (χ1) is 3.66. The fourth-order valence-corrected chi connectivity index (χ4v) is 3.00. The number of hydrogen-bond donors (Lipinski definition) is 1. The smallest absolute Gasteiger partial charge is 0.308 e. The Balaban J connectivity index is 3.10. The van der Waals surface area contributed by atoms with E-state index in [0.717, 1.165) is 0 Å². The molecule has 0 radical (unpaired) electrons. The fraction of sp³-hybridized carbons (Fsp3) is 1.00. The molecule has 0 spiro atoms. The molecule has 0 rings (SSSR count). The normalized spacial score (nSPS) is 18.0. The lowest BCUT2D eigenvalue weighted by Gasteiger charge is -2.09. The Morgan fingerprint density at radius 2 is 1.88 bits per heavy atom. The first-order valence-corrected chi connectivity index (χ1v) is 6.77. The maximum absolute atomic E-state index is 8.73. The summed E-state index contributed by atoms with van der Waals surface area (Å²) >= 11 is 0. The zero-order valence-corrected chi connectivity index (χ0v) is 7.73. The average Bonchev–Trinajstić information content (AvgIpc) is 1.65. The molecular formula is C3H12O3Si2. The molecule has 5 heteroatoms. The Kier molecular flexibility index (Phi) is 4.38. The monoisotopic (exact) mass is 152 g/mol. The molecule has 2 atom stereocenters. The second-order valence-electron chi connectivity index (χ2n) is 1.54. The van der Waals surface area contributed by atoms with Gasteiger partial charge in [-0.2, -0.15) is 0 Å². The van der Waals surface area contributed by atoms with Gasteiger partial charge in [0.15, 0.2) is 0 Å². The van der Waals surface area contributed by atoms with Crippen molar-refractivity contribution >= 4 is 18.6 Å². The van der Waals surface area contributed by atoms with E-state index >= 15 is 0 Å². The summed E-state index contributed by atoms with van der Waals surface area (Å²) < 4.78 is 9.86. The summed E-state index contributed by atoms with van der Waals surface area (Å²) in [5, 5.41) is 0. The summed E-state index contributed by atoms with van der Waals surface area (Å²) in [4.78, 5) is 8.73. The van der Waals surface area contributed by atoms with Crippen LogP contribution in [0.25, 0.3) is 0 Å². The van der Waals surface area contributed by atoms with Crippen LogP contribution in [0.15, 0.2) is 0 Å². The van der Waals surface area contributed by atoms with Crippen LogP contribution >= 0.6 is 0 Å². The molecule has 0 aromatic carbocycles.